The second-order valence-electron chi connectivity index (χ2n) is 6.09. The Labute approximate surface area is 164 Å². The molecule has 1 aliphatic heterocycles. The first-order valence-corrected chi connectivity index (χ1v) is 9.33. The van der Waals surface area contributed by atoms with Crippen LogP contribution in [0.1, 0.15) is 15.9 Å². The molecule has 7 heteroatoms. The van der Waals surface area contributed by atoms with E-state index in [1.165, 1.54) is 28.8 Å². The summed E-state index contributed by atoms with van der Waals surface area (Å²) in [5, 5.41) is 10.2. The summed E-state index contributed by atoms with van der Waals surface area (Å²) in [5.41, 5.74) is 2.58. The fourth-order valence-electron chi connectivity index (χ4n) is 3.10. The molecule has 0 saturated carbocycles. The Bertz CT molecular complexity index is 1150. The predicted octanol–water partition coefficient (Wildman–Crippen LogP) is 4.28. The van der Waals surface area contributed by atoms with Gasteiger partial charge >= 0.3 is 5.97 Å². The van der Waals surface area contributed by atoms with E-state index in [-0.39, 0.29) is 11.5 Å². The summed E-state index contributed by atoms with van der Waals surface area (Å²) in [6, 6.07) is 14.2. The molecule has 1 aromatic heterocycles. The second-order valence-corrected chi connectivity index (χ2v) is 7.76. The van der Waals surface area contributed by atoms with Crippen LogP contribution in [0.5, 0.6) is 0 Å². The minimum Gasteiger partial charge on any atom is -0.478 e. The average molecular weight is 394 g/mol. The summed E-state index contributed by atoms with van der Waals surface area (Å²) in [4.78, 5) is 26.0. The van der Waals surface area contributed by atoms with Crippen molar-refractivity contribution >= 4 is 62.8 Å². The van der Waals surface area contributed by atoms with Crippen LogP contribution in [-0.2, 0) is 11.8 Å². The lowest BCUT2D eigenvalue weighted by Crippen LogP contribution is -2.27. The van der Waals surface area contributed by atoms with Crippen LogP contribution in [0.3, 0.4) is 0 Å². The fraction of sp³-hybridized carbons (Fsp3) is 0.0500. The van der Waals surface area contributed by atoms with Crippen LogP contribution >= 0.6 is 24.0 Å². The van der Waals surface area contributed by atoms with Crippen molar-refractivity contribution < 1.29 is 14.7 Å². The van der Waals surface area contributed by atoms with E-state index in [9.17, 15) is 14.7 Å². The van der Waals surface area contributed by atoms with Gasteiger partial charge in [0.05, 0.1) is 16.2 Å². The number of nitrogens with zero attached hydrogens (tertiary/aromatic N) is 2. The number of carboxylic acids is 1. The van der Waals surface area contributed by atoms with Gasteiger partial charge in [-0.3, -0.25) is 9.69 Å². The van der Waals surface area contributed by atoms with Crippen molar-refractivity contribution in [3.8, 4) is 0 Å². The van der Waals surface area contributed by atoms with E-state index in [1.54, 1.807) is 12.1 Å². The number of carbonyl (C=O) groups excluding carboxylic acids is 1. The van der Waals surface area contributed by atoms with Crippen molar-refractivity contribution in [2.75, 3.05) is 4.90 Å². The Morgan fingerprint density at radius 3 is 2.74 bits per heavy atom. The van der Waals surface area contributed by atoms with Gasteiger partial charge in [0.25, 0.3) is 5.91 Å². The molecular formula is C20H14N2O3S2. The molecule has 1 amide bonds. The maximum atomic E-state index is 12.9. The Hall–Kier alpha value is -2.90. The van der Waals surface area contributed by atoms with E-state index in [4.69, 9.17) is 12.2 Å². The zero-order valence-corrected chi connectivity index (χ0v) is 15.9. The molecule has 2 heterocycles. The zero-order valence-electron chi connectivity index (χ0n) is 14.2. The number of thiocarbonyl (C=S) groups is 1. The lowest BCUT2D eigenvalue weighted by atomic mass is 10.1. The Morgan fingerprint density at radius 2 is 1.96 bits per heavy atom. The number of aromatic nitrogens is 1. The van der Waals surface area contributed by atoms with Gasteiger partial charge in [0.2, 0.25) is 0 Å². The number of aromatic carboxylic acids is 1. The van der Waals surface area contributed by atoms with E-state index in [0.29, 0.717) is 14.9 Å². The van der Waals surface area contributed by atoms with Crippen LogP contribution in [-0.4, -0.2) is 25.9 Å². The summed E-state index contributed by atoms with van der Waals surface area (Å²) in [5.74, 6) is -1.30. The first-order valence-electron chi connectivity index (χ1n) is 8.11. The van der Waals surface area contributed by atoms with Gasteiger partial charge in [0, 0.05) is 29.7 Å². The standard InChI is InChI=1S/C20H14N2O3S2/c1-21-11-13(15-7-2-3-8-16(15)21)10-17-18(23)22(20(26)27-17)14-6-4-5-12(9-14)19(24)25/h2-11H,1H3,(H,24,25)/b17-10-. The van der Waals surface area contributed by atoms with Crippen LogP contribution in [0.2, 0.25) is 0 Å². The molecule has 4 rings (SSSR count). The molecule has 5 nitrogen and oxygen atoms in total. The highest BCUT2D eigenvalue weighted by molar-refractivity contribution is 8.27. The highest BCUT2D eigenvalue weighted by Crippen LogP contribution is 2.37. The summed E-state index contributed by atoms with van der Waals surface area (Å²) >= 11 is 6.59. The van der Waals surface area contributed by atoms with Gasteiger partial charge in [-0.2, -0.15) is 0 Å². The maximum Gasteiger partial charge on any atom is 0.335 e. The second kappa shape index (κ2) is 6.68. The van der Waals surface area contributed by atoms with Crippen molar-refractivity contribution in [3.63, 3.8) is 0 Å². The van der Waals surface area contributed by atoms with Crippen LogP contribution in [0.25, 0.3) is 17.0 Å². The first-order chi connectivity index (χ1) is 13.0. The van der Waals surface area contributed by atoms with Crippen molar-refractivity contribution in [3.05, 3.63) is 70.8 Å². The Kier molecular flexibility index (Phi) is 4.33. The van der Waals surface area contributed by atoms with E-state index in [1.807, 2.05) is 48.2 Å². The van der Waals surface area contributed by atoms with Gasteiger partial charge in [0.1, 0.15) is 0 Å². The fourth-order valence-corrected chi connectivity index (χ4v) is 4.39. The van der Waals surface area contributed by atoms with Gasteiger partial charge in [-0.1, -0.05) is 48.2 Å². The van der Waals surface area contributed by atoms with E-state index in [2.05, 4.69) is 0 Å². The average Bonchev–Trinajstić information content (AvgIpc) is 3.12. The molecule has 27 heavy (non-hydrogen) atoms. The minimum atomic E-state index is -1.05. The quantitative estimate of drug-likeness (QED) is 0.531. The van der Waals surface area contributed by atoms with E-state index >= 15 is 0 Å². The molecule has 0 unspecified atom stereocenters. The molecule has 0 radical (unpaired) electrons. The third-order valence-corrected chi connectivity index (χ3v) is 5.66. The Balaban J connectivity index is 1.73. The molecule has 1 saturated heterocycles. The van der Waals surface area contributed by atoms with Crippen molar-refractivity contribution in [1.82, 2.24) is 4.57 Å². The number of carboxylic acid groups (broad SMARTS) is 1. The number of hydrogen-bond acceptors (Lipinski definition) is 4. The number of amides is 1. The first kappa shape index (κ1) is 17.5. The van der Waals surface area contributed by atoms with Crippen molar-refractivity contribution in [2.24, 2.45) is 7.05 Å². The molecule has 0 aliphatic carbocycles. The normalized spacial score (nSPS) is 15.9. The largest absolute Gasteiger partial charge is 0.478 e. The SMILES string of the molecule is Cn1cc(/C=C2\SC(=S)N(c3cccc(C(=O)O)c3)C2=O)c2ccccc21. The highest BCUT2D eigenvalue weighted by atomic mass is 32.2. The number of anilines is 1. The topological polar surface area (TPSA) is 62.5 Å². The van der Waals surface area contributed by atoms with Gasteiger partial charge in [-0.15, -0.1) is 0 Å². The molecular weight excluding hydrogens is 380 g/mol. The van der Waals surface area contributed by atoms with Gasteiger partial charge in [0.15, 0.2) is 4.32 Å². The number of benzene rings is 2. The van der Waals surface area contributed by atoms with Crippen molar-refractivity contribution in [1.29, 1.82) is 0 Å². The molecule has 1 N–H and O–H groups in total. The van der Waals surface area contributed by atoms with E-state index < -0.39 is 5.97 Å². The molecule has 1 aliphatic rings. The number of hydrogen-bond donors (Lipinski definition) is 1. The number of thioether (sulfide) groups is 1. The number of rotatable bonds is 3. The van der Waals surface area contributed by atoms with Crippen LogP contribution < -0.4 is 4.90 Å². The smallest absolute Gasteiger partial charge is 0.335 e. The van der Waals surface area contributed by atoms with Crippen LogP contribution in [0.15, 0.2) is 59.6 Å². The van der Waals surface area contributed by atoms with Gasteiger partial charge in [-0.05, 0) is 30.3 Å². The third-order valence-electron chi connectivity index (χ3n) is 4.36. The van der Waals surface area contributed by atoms with E-state index in [0.717, 1.165) is 16.5 Å². The monoisotopic (exact) mass is 394 g/mol. The number of fused-ring (bicyclic) bond motifs is 1. The van der Waals surface area contributed by atoms with Crippen molar-refractivity contribution in [2.45, 2.75) is 0 Å². The number of carbonyl (C=O) groups is 2. The maximum absolute atomic E-state index is 12.9. The molecule has 3 aromatic rings. The molecule has 0 spiro atoms. The van der Waals surface area contributed by atoms with Crippen LogP contribution in [0, 0.1) is 0 Å². The number of para-hydroxylation sites is 1. The Morgan fingerprint density at radius 1 is 1.19 bits per heavy atom. The van der Waals surface area contributed by atoms with Gasteiger partial charge < -0.3 is 9.67 Å². The molecule has 134 valence electrons. The summed E-state index contributed by atoms with van der Waals surface area (Å²) in [6.07, 6.45) is 3.81. The molecule has 0 bridgehead atoms. The minimum absolute atomic E-state index is 0.111. The molecule has 0 atom stereocenters. The molecule has 2 aromatic carbocycles. The number of aryl methyl sites for hydroxylation is 1. The predicted molar refractivity (Wildman–Crippen MR) is 112 cm³/mol. The zero-order chi connectivity index (χ0) is 19.1. The lowest BCUT2D eigenvalue weighted by molar-refractivity contribution is -0.113. The summed E-state index contributed by atoms with van der Waals surface area (Å²) in [6.45, 7) is 0. The summed E-state index contributed by atoms with van der Waals surface area (Å²) in [7, 11) is 1.96. The molecule has 1 fully saturated rings. The lowest BCUT2D eigenvalue weighted by Gasteiger charge is -2.14. The highest BCUT2D eigenvalue weighted by Gasteiger charge is 2.33. The third kappa shape index (κ3) is 3.05. The van der Waals surface area contributed by atoms with Crippen LogP contribution in [0.4, 0.5) is 5.69 Å². The van der Waals surface area contributed by atoms with Gasteiger partial charge in [-0.25, -0.2) is 4.79 Å². The summed E-state index contributed by atoms with van der Waals surface area (Å²) < 4.78 is 2.40.